The van der Waals surface area contributed by atoms with Crippen molar-refractivity contribution in [1.82, 2.24) is 5.32 Å². The van der Waals surface area contributed by atoms with Gasteiger partial charge >= 0.3 is 12.1 Å². The largest absolute Gasteiger partial charge is 0.478 e. The van der Waals surface area contributed by atoms with Crippen molar-refractivity contribution in [2.45, 2.75) is 18.1 Å². The van der Waals surface area contributed by atoms with Crippen molar-refractivity contribution in [2.75, 3.05) is 13.2 Å². The Bertz CT molecular complexity index is 1200. The monoisotopic (exact) mass is 469 g/mol. The van der Waals surface area contributed by atoms with Crippen molar-refractivity contribution in [2.24, 2.45) is 0 Å². The van der Waals surface area contributed by atoms with E-state index in [0.717, 1.165) is 22.3 Å². The molecule has 0 heterocycles. The zero-order valence-electron chi connectivity index (χ0n) is 17.7. The van der Waals surface area contributed by atoms with Gasteiger partial charge in [-0.05, 0) is 34.4 Å². The van der Waals surface area contributed by atoms with E-state index < -0.39 is 53.6 Å². The number of carbonyl (C=O) groups is 2. The molecule has 34 heavy (non-hydrogen) atoms. The van der Waals surface area contributed by atoms with Crippen LogP contribution in [-0.4, -0.2) is 46.6 Å². The standard InChI is InChI=1S/C25H21F2NO6/c26-20-10-18(24(31)32)21(27)9-17(20)23(30)22(29)11-28-25(33)34-12-19-15-7-3-1-5-13(15)14-6-2-4-8-16(14)19/h1-10,19,22-23,29-30H,11-12H2,(H,28,33)(H,31,32). The van der Waals surface area contributed by atoms with Crippen LogP contribution < -0.4 is 5.32 Å². The number of carbonyl (C=O) groups excluding carboxylic acids is 1. The molecule has 0 aliphatic heterocycles. The van der Waals surface area contributed by atoms with E-state index in [9.17, 15) is 28.6 Å². The highest BCUT2D eigenvalue weighted by Gasteiger charge is 2.29. The molecule has 1 aliphatic carbocycles. The molecule has 4 N–H and O–H groups in total. The SMILES string of the molecule is O=C(NCC(O)C(O)c1cc(F)c(C(=O)O)cc1F)OCC1c2ccccc2-c2ccccc21. The maximum Gasteiger partial charge on any atom is 0.407 e. The lowest BCUT2D eigenvalue weighted by molar-refractivity contribution is 0.0163. The lowest BCUT2D eigenvalue weighted by atomic mass is 9.98. The number of amides is 1. The number of benzene rings is 3. The van der Waals surface area contributed by atoms with Gasteiger partial charge in [0, 0.05) is 18.0 Å². The number of aromatic carboxylic acids is 1. The number of halogens is 2. The van der Waals surface area contributed by atoms with E-state index in [1.165, 1.54) is 0 Å². The van der Waals surface area contributed by atoms with Crippen LogP contribution in [0.25, 0.3) is 11.1 Å². The number of carboxylic acid groups (broad SMARTS) is 1. The second kappa shape index (κ2) is 9.58. The maximum absolute atomic E-state index is 14.1. The van der Waals surface area contributed by atoms with Crippen LogP contribution >= 0.6 is 0 Å². The smallest absolute Gasteiger partial charge is 0.407 e. The summed E-state index contributed by atoms with van der Waals surface area (Å²) < 4.78 is 33.3. The van der Waals surface area contributed by atoms with E-state index in [4.69, 9.17) is 9.84 Å². The van der Waals surface area contributed by atoms with Crippen molar-refractivity contribution in [3.05, 3.63) is 94.6 Å². The molecule has 0 spiro atoms. The predicted molar refractivity (Wildman–Crippen MR) is 117 cm³/mol. The van der Waals surface area contributed by atoms with Gasteiger partial charge in [-0.25, -0.2) is 18.4 Å². The van der Waals surface area contributed by atoms with Gasteiger partial charge in [-0.2, -0.15) is 0 Å². The van der Waals surface area contributed by atoms with Crippen LogP contribution in [0.4, 0.5) is 13.6 Å². The molecule has 0 bridgehead atoms. The Morgan fingerprint density at radius 1 is 0.941 bits per heavy atom. The number of carboxylic acids is 1. The first-order valence-electron chi connectivity index (χ1n) is 10.4. The summed E-state index contributed by atoms with van der Waals surface area (Å²) in [6.45, 7) is -0.478. The molecule has 0 saturated carbocycles. The summed E-state index contributed by atoms with van der Waals surface area (Å²) in [6.07, 6.45) is -4.47. The average Bonchev–Trinajstić information content (AvgIpc) is 3.15. The fourth-order valence-electron chi connectivity index (χ4n) is 4.11. The molecule has 1 amide bonds. The van der Waals surface area contributed by atoms with Gasteiger partial charge in [-0.1, -0.05) is 48.5 Å². The highest BCUT2D eigenvalue weighted by Crippen LogP contribution is 2.44. The minimum atomic E-state index is -1.91. The number of nitrogens with one attached hydrogen (secondary N) is 1. The van der Waals surface area contributed by atoms with Gasteiger partial charge in [-0.15, -0.1) is 0 Å². The summed E-state index contributed by atoms with van der Waals surface area (Å²) >= 11 is 0. The quantitative estimate of drug-likeness (QED) is 0.420. The second-order valence-corrected chi connectivity index (χ2v) is 7.88. The minimum absolute atomic E-state index is 0.0367. The Kier molecular flexibility index (Phi) is 6.58. The number of hydrogen-bond acceptors (Lipinski definition) is 5. The van der Waals surface area contributed by atoms with Crippen molar-refractivity contribution in [3.63, 3.8) is 0 Å². The number of aliphatic hydroxyl groups excluding tert-OH is 2. The Labute approximate surface area is 193 Å². The van der Waals surface area contributed by atoms with E-state index in [1.54, 1.807) is 0 Å². The van der Waals surface area contributed by atoms with Crippen LogP contribution in [0.1, 0.15) is 39.1 Å². The number of fused-ring (bicyclic) bond motifs is 3. The lowest BCUT2D eigenvalue weighted by Gasteiger charge is -2.20. The third-order valence-electron chi connectivity index (χ3n) is 5.80. The van der Waals surface area contributed by atoms with Gasteiger partial charge < -0.3 is 25.4 Å². The molecule has 7 nitrogen and oxygen atoms in total. The molecule has 3 aromatic carbocycles. The zero-order valence-corrected chi connectivity index (χ0v) is 17.7. The molecular formula is C25H21F2NO6. The van der Waals surface area contributed by atoms with Crippen molar-refractivity contribution >= 4 is 12.1 Å². The van der Waals surface area contributed by atoms with Gasteiger partial charge in [0.2, 0.25) is 0 Å². The highest BCUT2D eigenvalue weighted by molar-refractivity contribution is 5.88. The van der Waals surface area contributed by atoms with Crippen molar-refractivity contribution in [3.8, 4) is 11.1 Å². The molecule has 4 rings (SSSR count). The van der Waals surface area contributed by atoms with Crippen LogP contribution in [0.15, 0.2) is 60.7 Å². The van der Waals surface area contributed by atoms with Gasteiger partial charge in [0.25, 0.3) is 0 Å². The predicted octanol–water partition coefficient (Wildman–Crippen LogP) is 3.60. The van der Waals surface area contributed by atoms with Crippen molar-refractivity contribution in [1.29, 1.82) is 0 Å². The van der Waals surface area contributed by atoms with Gasteiger partial charge in [0.1, 0.15) is 30.4 Å². The first kappa shape index (κ1) is 23.3. The summed E-state index contributed by atoms with van der Waals surface area (Å²) in [5.74, 6) is -4.31. The number of ether oxygens (including phenoxy) is 1. The number of hydrogen-bond donors (Lipinski definition) is 4. The van der Waals surface area contributed by atoms with E-state index in [2.05, 4.69) is 5.32 Å². The third-order valence-corrected chi connectivity index (χ3v) is 5.80. The Hall–Kier alpha value is -3.82. The van der Waals surface area contributed by atoms with Gasteiger partial charge in [0.05, 0.1) is 5.56 Å². The number of aliphatic hydroxyl groups is 2. The van der Waals surface area contributed by atoms with E-state index >= 15 is 0 Å². The van der Waals surface area contributed by atoms with E-state index in [-0.39, 0.29) is 12.5 Å². The van der Waals surface area contributed by atoms with Crippen LogP contribution in [0.5, 0.6) is 0 Å². The molecule has 2 unspecified atom stereocenters. The zero-order chi connectivity index (χ0) is 24.4. The van der Waals surface area contributed by atoms with E-state index in [1.807, 2.05) is 48.5 Å². The number of alkyl carbamates (subject to hydrolysis) is 1. The lowest BCUT2D eigenvalue weighted by Crippen LogP contribution is -2.36. The average molecular weight is 469 g/mol. The van der Waals surface area contributed by atoms with Crippen LogP contribution in [-0.2, 0) is 4.74 Å². The Morgan fingerprint density at radius 3 is 2.12 bits per heavy atom. The first-order valence-corrected chi connectivity index (χ1v) is 10.4. The van der Waals surface area contributed by atoms with E-state index in [0.29, 0.717) is 12.1 Å². The molecule has 0 saturated heterocycles. The molecule has 1 aliphatic rings. The molecule has 0 fully saturated rings. The molecule has 3 aromatic rings. The molecule has 176 valence electrons. The van der Waals surface area contributed by atoms with Gasteiger partial charge in [-0.3, -0.25) is 0 Å². The van der Waals surface area contributed by atoms with Gasteiger partial charge in [0.15, 0.2) is 0 Å². The summed E-state index contributed by atoms with van der Waals surface area (Å²) in [7, 11) is 0. The van der Waals surface area contributed by atoms with Crippen molar-refractivity contribution < 1.29 is 38.4 Å². The fraction of sp³-hybridized carbons (Fsp3) is 0.200. The topological polar surface area (TPSA) is 116 Å². The summed E-state index contributed by atoms with van der Waals surface area (Å²) in [5, 5.41) is 31.4. The van der Waals surface area contributed by atoms with Crippen LogP contribution in [0, 0.1) is 11.6 Å². The molecule has 0 aromatic heterocycles. The van der Waals surface area contributed by atoms with Crippen LogP contribution in [0.2, 0.25) is 0 Å². The molecule has 2 atom stereocenters. The Balaban J connectivity index is 1.36. The minimum Gasteiger partial charge on any atom is -0.478 e. The first-order chi connectivity index (χ1) is 16.3. The molecular weight excluding hydrogens is 448 g/mol. The second-order valence-electron chi connectivity index (χ2n) is 7.88. The Morgan fingerprint density at radius 2 is 1.53 bits per heavy atom. The summed E-state index contributed by atoms with van der Waals surface area (Å²) in [4.78, 5) is 23.1. The maximum atomic E-state index is 14.1. The molecule has 9 heteroatoms. The summed E-state index contributed by atoms with van der Waals surface area (Å²) in [5.41, 5.74) is 2.63. The normalized spacial score (nSPS) is 14.1. The third kappa shape index (κ3) is 4.48. The molecule has 0 radical (unpaired) electrons. The number of rotatable bonds is 7. The van der Waals surface area contributed by atoms with Crippen LogP contribution in [0.3, 0.4) is 0 Å². The fourth-order valence-corrected chi connectivity index (χ4v) is 4.11. The highest BCUT2D eigenvalue weighted by atomic mass is 19.1. The summed E-state index contributed by atoms with van der Waals surface area (Å²) in [6, 6.07) is 16.5.